The number of hydrogen-bond acceptors (Lipinski definition) is 4. The summed E-state index contributed by atoms with van der Waals surface area (Å²) in [6.07, 6.45) is 2.41. The highest BCUT2D eigenvalue weighted by molar-refractivity contribution is 5.88. The van der Waals surface area contributed by atoms with E-state index in [9.17, 15) is 4.79 Å². The summed E-state index contributed by atoms with van der Waals surface area (Å²) in [6, 6.07) is 2.22. The minimum atomic E-state index is -0.933. The van der Waals surface area contributed by atoms with Crippen LogP contribution in [0.4, 0.5) is 0 Å². The topological polar surface area (TPSA) is 62.9 Å². The first-order valence-electron chi connectivity index (χ1n) is 6.17. The molecule has 2 rings (SSSR count). The highest BCUT2D eigenvalue weighted by Gasteiger charge is 2.29. The number of nitrogens with zero attached hydrogens (tertiary/aromatic N) is 1. The van der Waals surface area contributed by atoms with E-state index < -0.39 is 5.97 Å². The van der Waals surface area contributed by atoms with Crippen LogP contribution in [0.5, 0.6) is 0 Å². The van der Waals surface area contributed by atoms with Crippen LogP contribution in [0.3, 0.4) is 0 Å². The summed E-state index contributed by atoms with van der Waals surface area (Å²) in [7, 11) is 1.69. The Hall–Kier alpha value is -1.33. The minimum Gasteiger partial charge on any atom is -0.478 e. The van der Waals surface area contributed by atoms with Gasteiger partial charge in [0, 0.05) is 19.7 Å². The van der Waals surface area contributed by atoms with Crippen molar-refractivity contribution < 1.29 is 19.1 Å². The van der Waals surface area contributed by atoms with Gasteiger partial charge in [0.15, 0.2) is 0 Å². The average molecular weight is 253 g/mol. The lowest BCUT2D eigenvalue weighted by Gasteiger charge is -2.19. The highest BCUT2D eigenvalue weighted by Crippen LogP contribution is 2.28. The Morgan fingerprint density at radius 3 is 2.83 bits per heavy atom. The molecule has 5 heteroatoms. The molecule has 1 saturated carbocycles. The first-order valence-corrected chi connectivity index (χ1v) is 6.17. The largest absolute Gasteiger partial charge is 0.478 e. The molecule has 100 valence electrons. The first kappa shape index (κ1) is 13.1. The van der Waals surface area contributed by atoms with Gasteiger partial charge in [0.05, 0.1) is 13.2 Å². The lowest BCUT2D eigenvalue weighted by atomic mass is 10.2. The number of furan rings is 1. The van der Waals surface area contributed by atoms with Crippen molar-refractivity contribution in [1.82, 2.24) is 4.90 Å². The molecule has 0 saturated heterocycles. The van der Waals surface area contributed by atoms with Crippen molar-refractivity contribution in [1.29, 1.82) is 0 Å². The van der Waals surface area contributed by atoms with Gasteiger partial charge in [-0.3, -0.25) is 4.90 Å². The average Bonchev–Trinajstić information content (AvgIpc) is 3.09. The van der Waals surface area contributed by atoms with E-state index in [0.29, 0.717) is 30.7 Å². The quantitative estimate of drug-likeness (QED) is 0.804. The number of aromatic carboxylic acids is 1. The number of carboxylic acid groups (broad SMARTS) is 1. The summed E-state index contributed by atoms with van der Waals surface area (Å²) in [5.41, 5.74) is 0.257. The summed E-state index contributed by atoms with van der Waals surface area (Å²) in [5.74, 6) is 0.255. The van der Waals surface area contributed by atoms with E-state index in [4.69, 9.17) is 14.3 Å². The SMILES string of the molecule is COCCN(Cc1cc(C(=O)O)c(C)o1)C1CC1. The summed E-state index contributed by atoms with van der Waals surface area (Å²) >= 11 is 0. The van der Waals surface area contributed by atoms with Crippen molar-refractivity contribution in [3.8, 4) is 0 Å². The Kier molecular flexibility index (Phi) is 4.04. The molecule has 0 bridgehead atoms. The predicted octanol–water partition coefficient (Wildman–Crippen LogP) is 1.90. The lowest BCUT2D eigenvalue weighted by Crippen LogP contribution is -2.28. The molecule has 1 fully saturated rings. The van der Waals surface area contributed by atoms with Crippen molar-refractivity contribution in [2.45, 2.75) is 32.4 Å². The van der Waals surface area contributed by atoms with E-state index in [1.165, 1.54) is 12.8 Å². The number of carbonyl (C=O) groups is 1. The van der Waals surface area contributed by atoms with Gasteiger partial charge in [-0.05, 0) is 25.8 Å². The van der Waals surface area contributed by atoms with E-state index in [0.717, 1.165) is 6.54 Å². The molecule has 1 heterocycles. The maximum Gasteiger partial charge on any atom is 0.339 e. The zero-order chi connectivity index (χ0) is 13.1. The second-order valence-corrected chi connectivity index (χ2v) is 4.68. The third-order valence-electron chi connectivity index (χ3n) is 3.20. The molecule has 5 nitrogen and oxygen atoms in total. The number of methoxy groups -OCH3 is 1. The highest BCUT2D eigenvalue weighted by atomic mass is 16.5. The van der Waals surface area contributed by atoms with Crippen LogP contribution in [-0.4, -0.2) is 42.3 Å². The minimum absolute atomic E-state index is 0.257. The van der Waals surface area contributed by atoms with Crippen molar-refractivity contribution in [2.75, 3.05) is 20.3 Å². The molecule has 18 heavy (non-hydrogen) atoms. The van der Waals surface area contributed by atoms with Gasteiger partial charge in [0.2, 0.25) is 0 Å². The van der Waals surface area contributed by atoms with Crippen LogP contribution >= 0.6 is 0 Å². The Morgan fingerprint density at radius 1 is 1.61 bits per heavy atom. The Balaban J connectivity index is 2.01. The smallest absolute Gasteiger partial charge is 0.339 e. The molecule has 0 spiro atoms. The van der Waals surface area contributed by atoms with Crippen LogP contribution in [0.25, 0.3) is 0 Å². The van der Waals surface area contributed by atoms with Crippen LogP contribution < -0.4 is 0 Å². The predicted molar refractivity (Wildman–Crippen MR) is 65.7 cm³/mol. The lowest BCUT2D eigenvalue weighted by molar-refractivity contribution is 0.0695. The standard InChI is InChI=1S/C13H19NO4/c1-9-12(13(15)16)7-11(18-9)8-14(5-6-17-2)10-3-4-10/h7,10H,3-6,8H2,1-2H3,(H,15,16). The zero-order valence-corrected chi connectivity index (χ0v) is 10.8. The third kappa shape index (κ3) is 3.11. The van der Waals surface area contributed by atoms with Gasteiger partial charge < -0.3 is 14.3 Å². The van der Waals surface area contributed by atoms with Gasteiger partial charge in [-0.1, -0.05) is 0 Å². The molecule has 0 unspecified atom stereocenters. The van der Waals surface area contributed by atoms with Crippen molar-refractivity contribution in [2.24, 2.45) is 0 Å². The van der Waals surface area contributed by atoms with Crippen molar-refractivity contribution in [3.05, 3.63) is 23.2 Å². The van der Waals surface area contributed by atoms with Gasteiger partial charge >= 0.3 is 5.97 Å². The van der Waals surface area contributed by atoms with Gasteiger partial charge in [0.25, 0.3) is 0 Å². The van der Waals surface area contributed by atoms with Gasteiger partial charge in [-0.25, -0.2) is 4.79 Å². The molecule has 0 amide bonds. The normalized spacial score (nSPS) is 15.3. The number of aryl methyl sites for hydroxylation is 1. The maximum absolute atomic E-state index is 10.9. The van der Waals surface area contributed by atoms with E-state index in [-0.39, 0.29) is 5.56 Å². The molecule has 1 aromatic heterocycles. The van der Waals surface area contributed by atoms with Crippen molar-refractivity contribution in [3.63, 3.8) is 0 Å². The number of hydrogen-bond donors (Lipinski definition) is 1. The molecule has 1 aliphatic carbocycles. The van der Waals surface area contributed by atoms with E-state index >= 15 is 0 Å². The Morgan fingerprint density at radius 2 is 2.33 bits per heavy atom. The second kappa shape index (κ2) is 5.54. The van der Waals surface area contributed by atoms with Gasteiger partial charge in [-0.15, -0.1) is 0 Å². The Labute approximate surface area is 106 Å². The molecule has 1 aromatic rings. The monoisotopic (exact) mass is 253 g/mol. The summed E-state index contributed by atoms with van der Waals surface area (Å²) in [4.78, 5) is 13.2. The maximum atomic E-state index is 10.9. The van der Waals surface area contributed by atoms with Crippen LogP contribution in [0, 0.1) is 6.92 Å². The van der Waals surface area contributed by atoms with Crippen LogP contribution in [0.2, 0.25) is 0 Å². The molecule has 0 atom stereocenters. The fraction of sp³-hybridized carbons (Fsp3) is 0.615. The van der Waals surface area contributed by atoms with E-state index in [1.54, 1.807) is 20.1 Å². The van der Waals surface area contributed by atoms with Crippen LogP contribution in [-0.2, 0) is 11.3 Å². The van der Waals surface area contributed by atoms with Crippen LogP contribution in [0.15, 0.2) is 10.5 Å². The molecular formula is C13H19NO4. The molecule has 0 aliphatic heterocycles. The van der Waals surface area contributed by atoms with Crippen molar-refractivity contribution >= 4 is 5.97 Å². The summed E-state index contributed by atoms with van der Waals surface area (Å²) in [5, 5.41) is 8.98. The molecule has 1 aliphatic rings. The molecule has 0 radical (unpaired) electrons. The first-order chi connectivity index (χ1) is 8.61. The van der Waals surface area contributed by atoms with Crippen LogP contribution in [0.1, 0.15) is 34.7 Å². The molecule has 1 N–H and O–H groups in total. The number of carboxylic acids is 1. The summed E-state index contributed by atoms with van der Waals surface area (Å²) < 4.78 is 10.6. The summed E-state index contributed by atoms with van der Waals surface area (Å²) in [6.45, 7) is 3.87. The fourth-order valence-corrected chi connectivity index (χ4v) is 2.07. The fourth-order valence-electron chi connectivity index (χ4n) is 2.07. The second-order valence-electron chi connectivity index (χ2n) is 4.68. The van der Waals surface area contributed by atoms with E-state index in [2.05, 4.69) is 4.90 Å². The van der Waals surface area contributed by atoms with Gasteiger partial charge in [0.1, 0.15) is 17.1 Å². The van der Waals surface area contributed by atoms with Gasteiger partial charge in [-0.2, -0.15) is 0 Å². The zero-order valence-electron chi connectivity index (χ0n) is 10.8. The van der Waals surface area contributed by atoms with E-state index in [1.807, 2.05) is 0 Å². The molecule has 0 aromatic carbocycles. The molecular weight excluding hydrogens is 234 g/mol. The third-order valence-corrected chi connectivity index (χ3v) is 3.20. The number of rotatable bonds is 7. The number of ether oxygens (including phenoxy) is 1. The Bertz CT molecular complexity index is 423.